The number of carbonyl (C=O) groups excluding carboxylic acids is 1. The molecule has 0 aliphatic rings. The van der Waals surface area contributed by atoms with Gasteiger partial charge in [0.15, 0.2) is 0 Å². The number of carbonyl (C=O) groups is 1. The predicted molar refractivity (Wildman–Crippen MR) is 121 cm³/mol. The molecule has 1 N–H and O–H groups in total. The first-order valence-electron chi connectivity index (χ1n) is 10.9. The molecule has 158 valence electrons. The topological polar surface area (TPSA) is 46.5 Å². The van der Waals surface area contributed by atoms with E-state index >= 15 is 0 Å². The third-order valence-electron chi connectivity index (χ3n) is 4.87. The van der Waals surface area contributed by atoms with Crippen molar-refractivity contribution >= 4 is 17.7 Å². The highest BCUT2D eigenvalue weighted by Crippen LogP contribution is 2.29. The lowest BCUT2D eigenvalue weighted by Crippen LogP contribution is -2.06. The van der Waals surface area contributed by atoms with Gasteiger partial charge in [0.2, 0.25) is 0 Å². The standard InChI is InChI=1S/C25H34O3S/c1-2-3-4-5-6-7-8-9-10-11-19-28-25(27)21-15-17-23(18-16-21)29-24-14-12-13-22(26)20-24/h12-18,20,26H,2-11,19H2,1H3. The average molecular weight is 415 g/mol. The highest BCUT2D eigenvalue weighted by Gasteiger charge is 2.07. The lowest BCUT2D eigenvalue weighted by Gasteiger charge is -2.06. The summed E-state index contributed by atoms with van der Waals surface area (Å²) in [4.78, 5) is 14.1. The third kappa shape index (κ3) is 9.89. The average Bonchev–Trinajstić information content (AvgIpc) is 2.72. The van der Waals surface area contributed by atoms with Crippen LogP contribution in [0.15, 0.2) is 58.3 Å². The van der Waals surface area contributed by atoms with Crippen LogP contribution in [0.25, 0.3) is 0 Å². The molecule has 4 heteroatoms. The van der Waals surface area contributed by atoms with Crippen molar-refractivity contribution < 1.29 is 14.6 Å². The largest absolute Gasteiger partial charge is 0.508 e. The molecule has 0 aromatic heterocycles. The Kier molecular flexibility index (Phi) is 11.4. The molecule has 0 amide bonds. The third-order valence-corrected chi connectivity index (χ3v) is 5.87. The molecule has 0 unspecified atom stereocenters. The molecular formula is C25H34O3S. The van der Waals surface area contributed by atoms with Crippen LogP contribution in [0.3, 0.4) is 0 Å². The van der Waals surface area contributed by atoms with Crippen molar-refractivity contribution in [3.8, 4) is 5.75 Å². The van der Waals surface area contributed by atoms with Crippen molar-refractivity contribution in [3.05, 3.63) is 54.1 Å². The van der Waals surface area contributed by atoms with Gasteiger partial charge in [-0.15, -0.1) is 0 Å². The molecule has 0 fully saturated rings. The summed E-state index contributed by atoms with van der Waals surface area (Å²) >= 11 is 1.55. The van der Waals surface area contributed by atoms with Gasteiger partial charge in [0.1, 0.15) is 5.75 Å². The van der Waals surface area contributed by atoms with Crippen LogP contribution in [-0.2, 0) is 4.74 Å². The first kappa shape index (κ1) is 23.3. The van der Waals surface area contributed by atoms with E-state index in [4.69, 9.17) is 4.74 Å². The van der Waals surface area contributed by atoms with E-state index in [0.717, 1.165) is 22.6 Å². The fourth-order valence-corrected chi connectivity index (χ4v) is 4.05. The van der Waals surface area contributed by atoms with Crippen molar-refractivity contribution in [3.63, 3.8) is 0 Å². The molecule has 0 aliphatic carbocycles. The number of benzene rings is 2. The Balaban J connectivity index is 1.57. The Morgan fingerprint density at radius 3 is 2.07 bits per heavy atom. The summed E-state index contributed by atoms with van der Waals surface area (Å²) in [6, 6.07) is 14.5. The molecule has 0 bridgehead atoms. The summed E-state index contributed by atoms with van der Waals surface area (Å²) in [6.07, 6.45) is 12.7. The van der Waals surface area contributed by atoms with Crippen LogP contribution < -0.4 is 0 Å². The summed E-state index contributed by atoms with van der Waals surface area (Å²) < 4.78 is 5.40. The molecule has 29 heavy (non-hydrogen) atoms. The highest BCUT2D eigenvalue weighted by atomic mass is 32.2. The molecule has 2 rings (SSSR count). The molecule has 0 saturated heterocycles. The number of phenols is 1. The van der Waals surface area contributed by atoms with E-state index < -0.39 is 0 Å². The van der Waals surface area contributed by atoms with E-state index in [1.54, 1.807) is 36.0 Å². The van der Waals surface area contributed by atoms with Crippen LogP contribution in [-0.4, -0.2) is 17.7 Å². The quantitative estimate of drug-likeness (QED) is 0.255. The van der Waals surface area contributed by atoms with Crippen LogP contribution in [0, 0.1) is 0 Å². The number of rotatable bonds is 14. The Bertz CT molecular complexity index is 712. The smallest absolute Gasteiger partial charge is 0.338 e. The van der Waals surface area contributed by atoms with E-state index in [-0.39, 0.29) is 11.7 Å². The lowest BCUT2D eigenvalue weighted by molar-refractivity contribution is 0.0497. The number of hydrogen-bond donors (Lipinski definition) is 1. The van der Waals surface area contributed by atoms with Crippen LogP contribution in [0.4, 0.5) is 0 Å². The van der Waals surface area contributed by atoms with E-state index in [1.807, 2.05) is 24.3 Å². The molecule has 0 spiro atoms. The summed E-state index contributed by atoms with van der Waals surface area (Å²) in [5.41, 5.74) is 0.581. The normalized spacial score (nSPS) is 10.8. The van der Waals surface area contributed by atoms with Gasteiger partial charge in [-0.3, -0.25) is 0 Å². The van der Waals surface area contributed by atoms with E-state index in [1.165, 1.54) is 51.4 Å². The minimum atomic E-state index is -0.255. The molecular weight excluding hydrogens is 380 g/mol. The second kappa shape index (κ2) is 14.1. The Morgan fingerprint density at radius 2 is 1.45 bits per heavy atom. The molecule has 2 aromatic carbocycles. The zero-order chi connectivity index (χ0) is 20.7. The number of phenolic OH excluding ortho intramolecular Hbond substituents is 1. The Morgan fingerprint density at radius 1 is 0.828 bits per heavy atom. The Hall–Kier alpha value is -1.94. The minimum absolute atomic E-state index is 0.252. The molecule has 0 heterocycles. The number of ether oxygens (including phenoxy) is 1. The molecule has 0 saturated carbocycles. The van der Waals surface area contributed by atoms with Gasteiger partial charge in [0.25, 0.3) is 0 Å². The number of unbranched alkanes of at least 4 members (excludes halogenated alkanes) is 9. The fraction of sp³-hybridized carbons (Fsp3) is 0.480. The first-order chi connectivity index (χ1) is 14.2. The van der Waals surface area contributed by atoms with Gasteiger partial charge in [0, 0.05) is 9.79 Å². The molecule has 0 radical (unpaired) electrons. The van der Waals surface area contributed by atoms with Crippen molar-refractivity contribution in [2.75, 3.05) is 6.61 Å². The first-order valence-corrected chi connectivity index (χ1v) is 11.7. The van der Waals surface area contributed by atoms with Crippen LogP contribution in [0.1, 0.15) is 81.5 Å². The Labute approximate surface area is 179 Å². The van der Waals surface area contributed by atoms with Crippen molar-refractivity contribution in [1.29, 1.82) is 0 Å². The van der Waals surface area contributed by atoms with Crippen LogP contribution in [0.2, 0.25) is 0 Å². The summed E-state index contributed by atoms with van der Waals surface area (Å²) in [5.74, 6) is -0.00278. The summed E-state index contributed by atoms with van der Waals surface area (Å²) in [5, 5.41) is 9.54. The van der Waals surface area contributed by atoms with Gasteiger partial charge in [-0.25, -0.2) is 4.79 Å². The van der Waals surface area contributed by atoms with Gasteiger partial charge in [-0.1, -0.05) is 82.5 Å². The number of aromatic hydroxyl groups is 1. The summed E-state index contributed by atoms with van der Waals surface area (Å²) in [6.45, 7) is 2.75. The van der Waals surface area contributed by atoms with Crippen molar-refractivity contribution in [1.82, 2.24) is 0 Å². The minimum Gasteiger partial charge on any atom is -0.508 e. The van der Waals surface area contributed by atoms with Crippen molar-refractivity contribution in [2.45, 2.75) is 80.9 Å². The lowest BCUT2D eigenvalue weighted by atomic mass is 10.1. The van der Waals surface area contributed by atoms with Crippen LogP contribution >= 0.6 is 11.8 Å². The van der Waals surface area contributed by atoms with E-state index in [2.05, 4.69) is 6.92 Å². The van der Waals surface area contributed by atoms with Gasteiger partial charge in [-0.05, 0) is 48.9 Å². The number of esters is 1. The van der Waals surface area contributed by atoms with Gasteiger partial charge >= 0.3 is 5.97 Å². The second-order valence-electron chi connectivity index (χ2n) is 7.44. The van der Waals surface area contributed by atoms with Gasteiger partial charge < -0.3 is 9.84 Å². The predicted octanol–water partition coefficient (Wildman–Crippen LogP) is 7.62. The summed E-state index contributed by atoms with van der Waals surface area (Å²) in [7, 11) is 0. The molecule has 3 nitrogen and oxygen atoms in total. The van der Waals surface area contributed by atoms with E-state index in [0.29, 0.717) is 12.2 Å². The highest BCUT2D eigenvalue weighted by molar-refractivity contribution is 7.99. The zero-order valence-electron chi connectivity index (χ0n) is 17.6. The maximum absolute atomic E-state index is 12.2. The SMILES string of the molecule is CCCCCCCCCCCCOC(=O)c1ccc(Sc2cccc(O)c2)cc1. The maximum Gasteiger partial charge on any atom is 0.338 e. The molecule has 0 atom stereocenters. The molecule has 0 aliphatic heterocycles. The monoisotopic (exact) mass is 414 g/mol. The maximum atomic E-state index is 12.2. The van der Waals surface area contributed by atoms with Crippen molar-refractivity contribution in [2.24, 2.45) is 0 Å². The second-order valence-corrected chi connectivity index (χ2v) is 8.59. The van der Waals surface area contributed by atoms with Crippen LogP contribution in [0.5, 0.6) is 5.75 Å². The van der Waals surface area contributed by atoms with E-state index in [9.17, 15) is 9.90 Å². The molecule has 2 aromatic rings. The van der Waals surface area contributed by atoms with Gasteiger partial charge in [0.05, 0.1) is 12.2 Å². The zero-order valence-corrected chi connectivity index (χ0v) is 18.4. The number of hydrogen-bond acceptors (Lipinski definition) is 4. The van der Waals surface area contributed by atoms with Gasteiger partial charge in [-0.2, -0.15) is 0 Å². The fourth-order valence-electron chi connectivity index (χ4n) is 3.18.